The Morgan fingerprint density at radius 1 is 1.03 bits per heavy atom. The van der Waals surface area contributed by atoms with Crippen molar-refractivity contribution in [3.63, 3.8) is 0 Å². The van der Waals surface area contributed by atoms with E-state index in [0.717, 1.165) is 15.5 Å². The molecule has 0 aliphatic heterocycles. The number of benzene rings is 1. The molecule has 0 saturated carbocycles. The van der Waals surface area contributed by atoms with Gasteiger partial charge in [-0.15, -0.1) is 0 Å². The zero-order valence-electron chi connectivity index (χ0n) is 17.1. The normalized spacial score (nSPS) is 16.7. The van der Waals surface area contributed by atoms with Gasteiger partial charge >= 0.3 is 5.97 Å². The number of aliphatic hydroxyl groups excluding tert-OH is 5. The molecule has 5 unspecified atom stereocenters. The van der Waals surface area contributed by atoms with Crippen LogP contribution in [-0.4, -0.2) is 85.2 Å². The van der Waals surface area contributed by atoms with E-state index in [-0.39, 0.29) is 5.90 Å². The Kier molecular flexibility index (Phi) is 9.90. The predicted octanol–water partition coefficient (Wildman–Crippen LogP) is 0.429. The number of ether oxygens (including phenoxy) is 1. The van der Waals surface area contributed by atoms with Crippen LogP contribution in [0.4, 0.5) is 0 Å². The topological polar surface area (TPSA) is 173 Å². The summed E-state index contributed by atoms with van der Waals surface area (Å²) < 4.78 is 5.27. The molecule has 1 aromatic heterocycles. The minimum absolute atomic E-state index is 0.0684. The number of aliphatic imine (C=N–C) groups is 1. The van der Waals surface area contributed by atoms with Crippen LogP contribution in [0.15, 0.2) is 57.5 Å². The van der Waals surface area contributed by atoms with Gasteiger partial charge in [0.15, 0.2) is 12.3 Å². The molecule has 2 aromatic rings. The Morgan fingerprint density at radius 3 is 2.34 bits per heavy atom. The summed E-state index contributed by atoms with van der Waals surface area (Å²) in [6.45, 7) is 1.90. The third-order valence-electron chi connectivity index (χ3n) is 4.25. The molecule has 1 aromatic carbocycles. The number of carboxylic acids is 1. The lowest BCUT2D eigenvalue weighted by Crippen LogP contribution is -2.51. The van der Waals surface area contributed by atoms with Gasteiger partial charge in [0.2, 0.25) is 5.90 Å². The van der Waals surface area contributed by atoms with E-state index in [1.165, 1.54) is 28.7 Å². The quantitative estimate of drug-likeness (QED) is 0.157. The molecule has 5 atom stereocenters. The molecule has 174 valence electrons. The number of aromatic nitrogens is 1. The summed E-state index contributed by atoms with van der Waals surface area (Å²) in [5, 5.41) is 58.8. The van der Waals surface area contributed by atoms with E-state index in [1.54, 1.807) is 24.4 Å². The molecule has 6 N–H and O–H groups in total. The molecule has 0 spiro atoms. The van der Waals surface area contributed by atoms with E-state index in [4.69, 9.17) is 9.84 Å². The molecule has 0 amide bonds. The number of hydrogen-bond acceptors (Lipinski definition) is 11. The summed E-state index contributed by atoms with van der Waals surface area (Å²) in [6, 6.07) is 10.9. The van der Waals surface area contributed by atoms with Crippen LogP contribution in [0.3, 0.4) is 0 Å². The molecular weight excluding hydrogens is 460 g/mol. The second-order valence-corrected chi connectivity index (χ2v) is 8.83. The van der Waals surface area contributed by atoms with Crippen LogP contribution in [0.25, 0.3) is 0 Å². The summed E-state index contributed by atoms with van der Waals surface area (Å²) in [7, 11) is 4.07. The molecule has 0 fully saturated rings. The monoisotopic (exact) mass is 484 g/mol. The van der Waals surface area contributed by atoms with Crippen molar-refractivity contribution in [2.75, 3.05) is 7.11 Å². The second-order valence-electron chi connectivity index (χ2n) is 6.64. The molecule has 12 heteroatoms. The average Bonchev–Trinajstić information content (AvgIpc) is 2.79. The van der Waals surface area contributed by atoms with Crippen molar-refractivity contribution in [3.05, 3.63) is 53.7 Å². The Morgan fingerprint density at radius 2 is 1.75 bits per heavy atom. The van der Waals surface area contributed by atoms with E-state index in [1.807, 2.05) is 25.1 Å². The molecule has 32 heavy (non-hydrogen) atoms. The van der Waals surface area contributed by atoms with Crippen LogP contribution >= 0.6 is 21.6 Å². The van der Waals surface area contributed by atoms with Gasteiger partial charge in [-0.25, -0.2) is 14.8 Å². The van der Waals surface area contributed by atoms with E-state index in [0.29, 0.717) is 5.56 Å². The van der Waals surface area contributed by atoms with Crippen LogP contribution in [0, 0.1) is 6.92 Å². The number of hydrogen-bond donors (Lipinski definition) is 6. The summed E-state index contributed by atoms with van der Waals surface area (Å²) in [4.78, 5) is 19.6. The Balaban J connectivity index is 2.25. The number of pyridine rings is 1. The summed E-state index contributed by atoms with van der Waals surface area (Å²) in [5.41, 5.74) is 1.44. The minimum Gasteiger partial charge on any atom is -0.481 e. The van der Waals surface area contributed by atoms with Gasteiger partial charge in [0.25, 0.3) is 0 Å². The molecule has 0 bridgehead atoms. The zero-order chi connectivity index (χ0) is 23.8. The third kappa shape index (κ3) is 6.90. The van der Waals surface area contributed by atoms with Crippen molar-refractivity contribution in [2.24, 2.45) is 4.99 Å². The third-order valence-corrected chi connectivity index (χ3v) is 6.56. The highest BCUT2D eigenvalue weighted by Gasteiger charge is 2.37. The van der Waals surface area contributed by atoms with Gasteiger partial charge in [-0.3, -0.25) is 0 Å². The Hall–Kier alpha value is -2.19. The van der Waals surface area contributed by atoms with Gasteiger partial charge in [-0.2, -0.15) is 0 Å². The standard InChI is InChI=1S/C20H24N2O8S2/c1-10-6-7-11(12(9-10)31-32-13-5-3-4-8-21-13)19(30-2)22-18(27)16(25)14(23)15(24)17(26)20(28)29/h3-9,14-18,23-27H,1-2H3,(H,28,29). The molecule has 1 heterocycles. The van der Waals surface area contributed by atoms with Crippen LogP contribution in [-0.2, 0) is 9.53 Å². The fraction of sp³-hybridized carbons (Fsp3) is 0.350. The van der Waals surface area contributed by atoms with Crippen molar-refractivity contribution < 1.29 is 40.2 Å². The van der Waals surface area contributed by atoms with Gasteiger partial charge in [-0.1, -0.05) is 22.9 Å². The number of methoxy groups -OCH3 is 1. The van der Waals surface area contributed by atoms with Crippen molar-refractivity contribution in [2.45, 2.75) is 47.5 Å². The highest BCUT2D eigenvalue weighted by atomic mass is 33.1. The lowest BCUT2D eigenvalue weighted by molar-refractivity contribution is -0.167. The van der Waals surface area contributed by atoms with Crippen LogP contribution in [0.5, 0.6) is 0 Å². The summed E-state index contributed by atoms with van der Waals surface area (Å²) >= 11 is 0. The van der Waals surface area contributed by atoms with Crippen LogP contribution in [0.2, 0.25) is 0 Å². The van der Waals surface area contributed by atoms with Crippen molar-refractivity contribution >= 4 is 33.5 Å². The van der Waals surface area contributed by atoms with Crippen molar-refractivity contribution in [3.8, 4) is 0 Å². The van der Waals surface area contributed by atoms with Gasteiger partial charge < -0.3 is 35.4 Å². The molecule has 0 aliphatic carbocycles. The Bertz CT molecular complexity index is 931. The second kappa shape index (κ2) is 12.2. The molecule has 0 aliphatic rings. The SMILES string of the molecule is COC(=NC(O)C(O)C(O)C(O)C(O)C(=O)O)c1ccc(C)cc1SSc1ccccn1. The molecule has 0 radical (unpaired) electrons. The molecule has 2 rings (SSSR count). The number of carbonyl (C=O) groups is 1. The fourth-order valence-corrected chi connectivity index (χ4v) is 4.63. The number of aryl methyl sites for hydroxylation is 1. The Labute approximate surface area is 192 Å². The highest BCUT2D eigenvalue weighted by molar-refractivity contribution is 8.76. The van der Waals surface area contributed by atoms with Gasteiger partial charge in [0, 0.05) is 11.1 Å². The van der Waals surface area contributed by atoms with Crippen molar-refractivity contribution in [1.29, 1.82) is 0 Å². The lowest BCUT2D eigenvalue weighted by Gasteiger charge is -2.26. The first kappa shape index (κ1) is 26.1. The minimum atomic E-state index is -2.36. The van der Waals surface area contributed by atoms with E-state index >= 15 is 0 Å². The smallest absolute Gasteiger partial charge is 0.335 e. The van der Waals surface area contributed by atoms with E-state index in [9.17, 15) is 30.3 Å². The summed E-state index contributed by atoms with van der Waals surface area (Å²) in [5.74, 6) is -1.87. The largest absolute Gasteiger partial charge is 0.481 e. The molecule has 0 saturated heterocycles. The number of rotatable bonds is 10. The molecular formula is C20H24N2O8S2. The fourth-order valence-electron chi connectivity index (χ4n) is 2.50. The van der Waals surface area contributed by atoms with E-state index in [2.05, 4.69) is 9.98 Å². The predicted molar refractivity (Wildman–Crippen MR) is 118 cm³/mol. The zero-order valence-corrected chi connectivity index (χ0v) is 18.8. The number of carboxylic acid groups (broad SMARTS) is 1. The first-order valence-corrected chi connectivity index (χ1v) is 11.4. The maximum absolute atomic E-state index is 10.8. The first-order chi connectivity index (χ1) is 15.1. The number of aliphatic carboxylic acids is 1. The maximum Gasteiger partial charge on any atom is 0.335 e. The number of aliphatic hydroxyl groups is 5. The highest BCUT2D eigenvalue weighted by Crippen LogP contribution is 2.38. The number of nitrogens with zero attached hydrogens (tertiary/aromatic N) is 2. The average molecular weight is 485 g/mol. The molecule has 10 nitrogen and oxygen atoms in total. The van der Waals surface area contributed by atoms with Gasteiger partial charge in [-0.05, 0) is 47.5 Å². The van der Waals surface area contributed by atoms with E-state index < -0.39 is 36.6 Å². The van der Waals surface area contributed by atoms with Gasteiger partial charge in [0.1, 0.15) is 23.3 Å². The van der Waals surface area contributed by atoms with Crippen molar-refractivity contribution in [1.82, 2.24) is 4.98 Å². The van der Waals surface area contributed by atoms with Gasteiger partial charge in [0.05, 0.1) is 12.7 Å². The maximum atomic E-state index is 10.8. The lowest BCUT2D eigenvalue weighted by atomic mass is 10.0. The summed E-state index contributed by atoms with van der Waals surface area (Å²) in [6.07, 6.45) is -9.22. The van der Waals surface area contributed by atoms with Crippen LogP contribution < -0.4 is 0 Å². The van der Waals surface area contributed by atoms with Crippen LogP contribution in [0.1, 0.15) is 11.1 Å². The first-order valence-electron chi connectivity index (χ1n) is 9.27.